The highest BCUT2D eigenvalue weighted by atomic mass is 16.5. The zero-order valence-corrected chi connectivity index (χ0v) is 12.0. The number of nitrogens with two attached hydrogens (primary N) is 1. The van der Waals surface area contributed by atoms with Crippen LogP contribution in [0.5, 0.6) is 5.75 Å². The van der Waals surface area contributed by atoms with E-state index in [1.807, 2.05) is 0 Å². The van der Waals surface area contributed by atoms with E-state index in [9.17, 15) is 0 Å². The van der Waals surface area contributed by atoms with Crippen molar-refractivity contribution in [2.45, 2.75) is 55.9 Å². The zero-order chi connectivity index (χ0) is 13.4. The van der Waals surface area contributed by atoms with E-state index < -0.39 is 0 Å². The Morgan fingerprint density at radius 3 is 2.65 bits per heavy atom. The first-order chi connectivity index (χ1) is 9.64. The molecule has 2 unspecified atom stereocenters. The van der Waals surface area contributed by atoms with Crippen LogP contribution in [0.2, 0.25) is 0 Å². The molecule has 0 aromatic heterocycles. The molecule has 0 amide bonds. The highest BCUT2D eigenvalue weighted by Crippen LogP contribution is 2.61. The molecular weight excluding hydrogens is 246 g/mol. The van der Waals surface area contributed by atoms with Gasteiger partial charge < -0.3 is 10.5 Å². The molecule has 2 heteroatoms. The predicted octanol–water partition coefficient (Wildman–Crippen LogP) is 3.17. The maximum Gasteiger partial charge on any atom is 0.122 e. The van der Waals surface area contributed by atoms with Gasteiger partial charge in [0, 0.05) is 12.0 Å². The summed E-state index contributed by atoms with van der Waals surface area (Å²) >= 11 is 0. The fourth-order valence-corrected chi connectivity index (χ4v) is 6.19. The molecule has 2 atom stereocenters. The fourth-order valence-electron chi connectivity index (χ4n) is 6.19. The number of ether oxygens (including phenoxy) is 1. The van der Waals surface area contributed by atoms with Gasteiger partial charge in [0.1, 0.15) is 5.75 Å². The number of benzene rings is 1. The minimum absolute atomic E-state index is 0.138. The van der Waals surface area contributed by atoms with E-state index in [1.54, 1.807) is 5.56 Å². The van der Waals surface area contributed by atoms with Gasteiger partial charge in [-0.3, -0.25) is 0 Å². The third-order valence-corrected chi connectivity index (χ3v) is 6.41. The molecule has 2 N–H and O–H groups in total. The van der Waals surface area contributed by atoms with Crippen molar-refractivity contribution in [3.05, 3.63) is 29.3 Å². The van der Waals surface area contributed by atoms with E-state index in [0.29, 0.717) is 5.41 Å². The highest BCUT2D eigenvalue weighted by Gasteiger charge is 2.56. The lowest BCUT2D eigenvalue weighted by molar-refractivity contribution is -0.0227. The minimum atomic E-state index is 0.138. The summed E-state index contributed by atoms with van der Waals surface area (Å²) in [5.41, 5.74) is 10.2. The van der Waals surface area contributed by atoms with E-state index in [1.165, 1.54) is 44.1 Å². The molecule has 0 radical (unpaired) electrons. The Morgan fingerprint density at radius 2 is 1.90 bits per heavy atom. The SMILES string of the molecule is NC12CC3CC(C1)CC(c1ccc4c(c1)CCO4)(C3)C2. The topological polar surface area (TPSA) is 35.2 Å². The van der Waals surface area contributed by atoms with Crippen molar-refractivity contribution >= 4 is 0 Å². The quantitative estimate of drug-likeness (QED) is 0.850. The molecule has 2 nitrogen and oxygen atoms in total. The lowest BCUT2D eigenvalue weighted by atomic mass is 9.45. The average molecular weight is 269 g/mol. The molecule has 1 aliphatic heterocycles. The molecule has 1 heterocycles. The third-order valence-electron chi connectivity index (χ3n) is 6.41. The summed E-state index contributed by atoms with van der Waals surface area (Å²) in [5, 5.41) is 0. The summed E-state index contributed by atoms with van der Waals surface area (Å²) < 4.78 is 5.67. The summed E-state index contributed by atoms with van der Waals surface area (Å²) in [6.45, 7) is 0.859. The summed E-state index contributed by atoms with van der Waals surface area (Å²) in [7, 11) is 0. The van der Waals surface area contributed by atoms with Crippen molar-refractivity contribution in [3.63, 3.8) is 0 Å². The van der Waals surface area contributed by atoms with Crippen LogP contribution in [0.4, 0.5) is 0 Å². The van der Waals surface area contributed by atoms with Gasteiger partial charge in [0.05, 0.1) is 6.61 Å². The molecule has 106 valence electrons. The zero-order valence-electron chi connectivity index (χ0n) is 12.0. The minimum Gasteiger partial charge on any atom is -0.493 e. The second-order valence-electron chi connectivity index (χ2n) is 8.02. The Morgan fingerprint density at radius 1 is 1.10 bits per heavy atom. The van der Waals surface area contributed by atoms with Crippen molar-refractivity contribution in [2.75, 3.05) is 6.61 Å². The van der Waals surface area contributed by atoms with Crippen molar-refractivity contribution in [2.24, 2.45) is 17.6 Å². The van der Waals surface area contributed by atoms with Crippen LogP contribution in [0.25, 0.3) is 0 Å². The van der Waals surface area contributed by atoms with Gasteiger partial charge in [-0.2, -0.15) is 0 Å². The Balaban J connectivity index is 1.60. The van der Waals surface area contributed by atoms with Gasteiger partial charge in [-0.15, -0.1) is 0 Å². The monoisotopic (exact) mass is 269 g/mol. The van der Waals surface area contributed by atoms with Crippen molar-refractivity contribution in [1.82, 2.24) is 0 Å². The van der Waals surface area contributed by atoms with Crippen LogP contribution in [-0.2, 0) is 11.8 Å². The van der Waals surface area contributed by atoms with Crippen LogP contribution >= 0.6 is 0 Å². The summed E-state index contributed by atoms with van der Waals surface area (Å²) in [6, 6.07) is 6.99. The standard InChI is InChI=1S/C18H23NO/c19-18-9-12-5-13(10-18)8-17(7-12,11-18)15-1-2-16-14(6-15)3-4-20-16/h1-2,6,12-13H,3-5,7-11,19H2. The lowest BCUT2D eigenvalue weighted by Gasteiger charge is -2.61. The Hall–Kier alpha value is -1.02. The number of fused-ring (bicyclic) bond motifs is 1. The summed E-state index contributed by atoms with van der Waals surface area (Å²) in [4.78, 5) is 0. The van der Waals surface area contributed by atoms with E-state index in [-0.39, 0.29) is 5.54 Å². The van der Waals surface area contributed by atoms with Crippen molar-refractivity contribution < 1.29 is 4.74 Å². The highest BCUT2D eigenvalue weighted by molar-refractivity contribution is 5.43. The molecule has 1 aromatic carbocycles. The van der Waals surface area contributed by atoms with Crippen LogP contribution in [0.1, 0.15) is 49.7 Å². The van der Waals surface area contributed by atoms with Crippen molar-refractivity contribution in [1.29, 1.82) is 0 Å². The number of hydrogen-bond donors (Lipinski definition) is 1. The maximum absolute atomic E-state index is 6.73. The van der Waals surface area contributed by atoms with E-state index in [0.717, 1.165) is 30.6 Å². The predicted molar refractivity (Wildman–Crippen MR) is 78.9 cm³/mol. The van der Waals surface area contributed by atoms with Gasteiger partial charge in [0.25, 0.3) is 0 Å². The van der Waals surface area contributed by atoms with Gasteiger partial charge in [-0.05, 0) is 73.0 Å². The molecule has 5 aliphatic rings. The Labute approximate surface area is 120 Å². The molecule has 0 saturated heterocycles. The van der Waals surface area contributed by atoms with Crippen molar-refractivity contribution in [3.8, 4) is 5.75 Å². The third kappa shape index (κ3) is 1.49. The van der Waals surface area contributed by atoms with Gasteiger partial charge in [-0.25, -0.2) is 0 Å². The summed E-state index contributed by atoms with van der Waals surface area (Å²) in [5.74, 6) is 2.87. The maximum atomic E-state index is 6.73. The van der Waals surface area contributed by atoms with Crippen LogP contribution < -0.4 is 10.5 Å². The normalized spacial score (nSPS) is 44.5. The molecule has 1 aromatic rings. The van der Waals surface area contributed by atoms with Crippen LogP contribution in [0.3, 0.4) is 0 Å². The molecule has 4 bridgehead atoms. The van der Waals surface area contributed by atoms with Gasteiger partial charge in [0.15, 0.2) is 0 Å². The smallest absolute Gasteiger partial charge is 0.122 e. The molecule has 4 aliphatic carbocycles. The Kier molecular flexibility index (Phi) is 2.09. The Bertz CT molecular complexity index is 565. The largest absolute Gasteiger partial charge is 0.493 e. The van der Waals surface area contributed by atoms with Gasteiger partial charge in [-0.1, -0.05) is 12.1 Å². The van der Waals surface area contributed by atoms with E-state index in [4.69, 9.17) is 10.5 Å². The van der Waals surface area contributed by atoms with Crippen LogP contribution in [0, 0.1) is 11.8 Å². The van der Waals surface area contributed by atoms with E-state index >= 15 is 0 Å². The molecule has 4 fully saturated rings. The first kappa shape index (κ1) is 11.6. The molecule has 6 rings (SSSR count). The first-order valence-corrected chi connectivity index (χ1v) is 8.19. The molecule has 0 spiro atoms. The molecule has 4 saturated carbocycles. The molecular formula is C18H23NO. The van der Waals surface area contributed by atoms with Crippen LogP contribution in [-0.4, -0.2) is 12.1 Å². The fraction of sp³-hybridized carbons (Fsp3) is 0.667. The van der Waals surface area contributed by atoms with Gasteiger partial charge >= 0.3 is 0 Å². The second-order valence-corrected chi connectivity index (χ2v) is 8.02. The summed E-state index contributed by atoms with van der Waals surface area (Å²) in [6.07, 6.45) is 9.05. The molecule has 20 heavy (non-hydrogen) atoms. The second kappa shape index (κ2) is 3.59. The average Bonchev–Trinajstić information content (AvgIpc) is 2.82. The van der Waals surface area contributed by atoms with E-state index in [2.05, 4.69) is 18.2 Å². The number of hydrogen-bond acceptors (Lipinski definition) is 2. The lowest BCUT2D eigenvalue weighted by Crippen LogP contribution is -2.61. The van der Waals surface area contributed by atoms with Gasteiger partial charge in [0.2, 0.25) is 0 Å². The van der Waals surface area contributed by atoms with Crippen LogP contribution in [0.15, 0.2) is 18.2 Å². The number of rotatable bonds is 1. The first-order valence-electron chi connectivity index (χ1n) is 8.19.